The van der Waals surface area contributed by atoms with E-state index in [2.05, 4.69) is 29.7 Å². The topological polar surface area (TPSA) is 41.1 Å². The van der Waals surface area contributed by atoms with Gasteiger partial charge in [-0.25, -0.2) is 0 Å². The summed E-state index contributed by atoms with van der Waals surface area (Å²) in [5, 5.41) is 6.04. The van der Waals surface area contributed by atoms with Crippen LogP contribution >= 0.6 is 0 Å². The number of amides is 1. The Bertz CT molecular complexity index is 535. The zero-order valence-electron chi connectivity index (χ0n) is 11.7. The minimum absolute atomic E-state index is 0.0153. The predicted molar refractivity (Wildman–Crippen MR) is 81.2 cm³/mol. The van der Waals surface area contributed by atoms with Gasteiger partial charge in [0, 0.05) is 13.1 Å². The second-order valence-electron chi connectivity index (χ2n) is 4.85. The zero-order chi connectivity index (χ0) is 14.2. The third-order valence-corrected chi connectivity index (χ3v) is 3.07. The first kappa shape index (κ1) is 14.3. The third-order valence-electron chi connectivity index (χ3n) is 3.07. The number of nitrogens with one attached hydrogen (secondary N) is 2. The highest BCUT2D eigenvalue weighted by molar-refractivity contribution is 5.77. The summed E-state index contributed by atoms with van der Waals surface area (Å²) in [6, 6.07) is 18.2. The van der Waals surface area contributed by atoms with E-state index in [1.54, 1.807) is 0 Å². The molecule has 2 aromatic carbocycles. The molecule has 2 N–H and O–H groups in total. The summed E-state index contributed by atoms with van der Waals surface area (Å²) in [6.45, 7) is 3.67. The standard InChI is InChI=1S/C17H20N2O/c1-14-7-9-16(10-8-14)12-19-17(20)13-18-11-15-5-3-2-4-6-15/h2-10,18H,11-13H2,1H3,(H,19,20). The maximum Gasteiger partial charge on any atom is 0.234 e. The number of benzene rings is 2. The molecule has 3 nitrogen and oxygen atoms in total. The van der Waals surface area contributed by atoms with E-state index in [4.69, 9.17) is 0 Å². The van der Waals surface area contributed by atoms with Gasteiger partial charge >= 0.3 is 0 Å². The Morgan fingerprint density at radius 2 is 1.55 bits per heavy atom. The molecule has 0 aliphatic carbocycles. The number of rotatable bonds is 6. The van der Waals surface area contributed by atoms with Crippen molar-refractivity contribution < 1.29 is 4.79 Å². The molecule has 20 heavy (non-hydrogen) atoms. The number of carbonyl (C=O) groups excluding carboxylic acids is 1. The Hall–Kier alpha value is -2.13. The Kier molecular flexibility index (Phi) is 5.33. The zero-order valence-corrected chi connectivity index (χ0v) is 11.7. The van der Waals surface area contributed by atoms with Gasteiger partial charge in [0.05, 0.1) is 6.54 Å². The van der Waals surface area contributed by atoms with Crippen LogP contribution in [0.15, 0.2) is 54.6 Å². The molecular weight excluding hydrogens is 248 g/mol. The van der Waals surface area contributed by atoms with Crippen molar-refractivity contribution >= 4 is 5.91 Å². The highest BCUT2D eigenvalue weighted by Crippen LogP contribution is 2.02. The van der Waals surface area contributed by atoms with E-state index >= 15 is 0 Å². The molecule has 1 amide bonds. The quantitative estimate of drug-likeness (QED) is 0.844. The number of hydrogen-bond acceptors (Lipinski definition) is 2. The van der Waals surface area contributed by atoms with Crippen LogP contribution in [0.25, 0.3) is 0 Å². The van der Waals surface area contributed by atoms with Crippen molar-refractivity contribution in [2.24, 2.45) is 0 Å². The van der Waals surface area contributed by atoms with Crippen molar-refractivity contribution in [2.75, 3.05) is 6.54 Å². The van der Waals surface area contributed by atoms with Gasteiger partial charge in [0.15, 0.2) is 0 Å². The van der Waals surface area contributed by atoms with Crippen LogP contribution in [0, 0.1) is 6.92 Å². The van der Waals surface area contributed by atoms with Gasteiger partial charge in [-0.1, -0.05) is 60.2 Å². The molecule has 2 aromatic rings. The highest BCUT2D eigenvalue weighted by Gasteiger charge is 2.00. The van der Waals surface area contributed by atoms with Gasteiger partial charge in [-0.05, 0) is 18.1 Å². The van der Waals surface area contributed by atoms with Crippen molar-refractivity contribution in [1.82, 2.24) is 10.6 Å². The average molecular weight is 268 g/mol. The summed E-state index contributed by atoms with van der Waals surface area (Å²) >= 11 is 0. The lowest BCUT2D eigenvalue weighted by molar-refractivity contribution is -0.120. The molecule has 0 fully saturated rings. The molecule has 3 heteroatoms. The van der Waals surface area contributed by atoms with Crippen molar-refractivity contribution in [3.63, 3.8) is 0 Å². The predicted octanol–water partition coefficient (Wildman–Crippen LogP) is 2.40. The maximum absolute atomic E-state index is 11.7. The van der Waals surface area contributed by atoms with E-state index in [-0.39, 0.29) is 5.91 Å². The van der Waals surface area contributed by atoms with E-state index in [0.717, 1.165) is 5.56 Å². The Morgan fingerprint density at radius 1 is 0.900 bits per heavy atom. The van der Waals surface area contributed by atoms with Gasteiger partial charge in [-0.2, -0.15) is 0 Å². The van der Waals surface area contributed by atoms with Crippen LogP contribution in [0.2, 0.25) is 0 Å². The Labute approximate surface area is 120 Å². The van der Waals surface area contributed by atoms with Crippen molar-refractivity contribution in [3.8, 4) is 0 Å². The molecule has 0 aromatic heterocycles. The summed E-state index contributed by atoms with van der Waals surface area (Å²) in [5.74, 6) is 0.0153. The van der Waals surface area contributed by atoms with Crippen LogP contribution in [-0.4, -0.2) is 12.5 Å². The van der Waals surface area contributed by atoms with E-state index in [0.29, 0.717) is 19.6 Å². The van der Waals surface area contributed by atoms with Crippen LogP contribution in [0.4, 0.5) is 0 Å². The van der Waals surface area contributed by atoms with Gasteiger partial charge in [0.1, 0.15) is 0 Å². The fourth-order valence-electron chi connectivity index (χ4n) is 1.89. The van der Waals surface area contributed by atoms with Crippen LogP contribution in [-0.2, 0) is 17.9 Å². The average Bonchev–Trinajstić information content (AvgIpc) is 2.48. The lowest BCUT2D eigenvalue weighted by atomic mass is 10.1. The summed E-state index contributed by atoms with van der Waals surface area (Å²) in [7, 11) is 0. The summed E-state index contributed by atoms with van der Waals surface area (Å²) < 4.78 is 0. The first-order chi connectivity index (χ1) is 9.74. The van der Waals surface area contributed by atoms with Gasteiger partial charge in [0.25, 0.3) is 0 Å². The van der Waals surface area contributed by atoms with Crippen LogP contribution in [0.3, 0.4) is 0 Å². The minimum atomic E-state index is 0.0153. The smallest absolute Gasteiger partial charge is 0.234 e. The van der Waals surface area contributed by atoms with E-state index in [1.807, 2.05) is 42.5 Å². The van der Waals surface area contributed by atoms with Crippen LogP contribution < -0.4 is 10.6 Å². The number of hydrogen-bond donors (Lipinski definition) is 2. The second-order valence-corrected chi connectivity index (χ2v) is 4.85. The Morgan fingerprint density at radius 3 is 2.25 bits per heavy atom. The lowest BCUT2D eigenvalue weighted by Gasteiger charge is -2.07. The normalized spacial score (nSPS) is 10.2. The maximum atomic E-state index is 11.7. The summed E-state index contributed by atoms with van der Waals surface area (Å²) in [5.41, 5.74) is 3.52. The third kappa shape index (κ3) is 4.86. The van der Waals surface area contributed by atoms with Gasteiger partial charge < -0.3 is 10.6 Å². The lowest BCUT2D eigenvalue weighted by Crippen LogP contribution is -2.33. The number of aryl methyl sites for hydroxylation is 1. The first-order valence-corrected chi connectivity index (χ1v) is 6.81. The van der Waals surface area contributed by atoms with Crippen molar-refractivity contribution in [2.45, 2.75) is 20.0 Å². The fourth-order valence-corrected chi connectivity index (χ4v) is 1.89. The molecule has 0 atom stereocenters. The minimum Gasteiger partial charge on any atom is -0.351 e. The molecule has 0 heterocycles. The van der Waals surface area contributed by atoms with Crippen molar-refractivity contribution in [3.05, 3.63) is 71.3 Å². The molecule has 0 bridgehead atoms. The van der Waals surface area contributed by atoms with Gasteiger partial charge in [-0.3, -0.25) is 4.79 Å². The molecule has 0 saturated carbocycles. The molecule has 0 saturated heterocycles. The number of carbonyl (C=O) groups is 1. The first-order valence-electron chi connectivity index (χ1n) is 6.81. The Balaban J connectivity index is 1.67. The molecule has 0 unspecified atom stereocenters. The van der Waals surface area contributed by atoms with Crippen molar-refractivity contribution in [1.29, 1.82) is 0 Å². The molecule has 104 valence electrons. The monoisotopic (exact) mass is 268 g/mol. The van der Waals surface area contributed by atoms with E-state index in [9.17, 15) is 4.79 Å². The molecule has 0 spiro atoms. The van der Waals surface area contributed by atoms with Crippen LogP contribution in [0.1, 0.15) is 16.7 Å². The molecule has 2 rings (SSSR count). The molecule has 0 radical (unpaired) electrons. The SMILES string of the molecule is Cc1ccc(CNC(=O)CNCc2ccccc2)cc1. The molecule has 0 aliphatic rings. The van der Waals surface area contributed by atoms with E-state index < -0.39 is 0 Å². The second kappa shape index (κ2) is 7.46. The molecule has 0 aliphatic heterocycles. The fraction of sp³-hybridized carbons (Fsp3) is 0.235. The summed E-state index contributed by atoms with van der Waals surface area (Å²) in [6.07, 6.45) is 0. The highest BCUT2D eigenvalue weighted by atomic mass is 16.1. The summed E-state index contributed by atoms with van der Waals surface area (Å²) in [4.78, 5) is 11.7. The van der Waals surface area contributed by atoms with Gasteiger partial charge in [-0.15, -0.1) is 0 Å². The van der Waals surface area contributed by atoms with E-state index in [1.165, 1.54) is 11.1 Å². The van der Waals surface area contributed by atoms with Crippen LogP contribution in [0.5, 0.6) is 0 Å². The largest absolute Gasteiger partial charge is 0.351 e. The van der Waals surface area contributed by atoms with Gasteiger partial charge in [0.2, 0.25) is 5.91 Å². The molecular formula is C17H20N2O.